The quantitative estimate of drug-likeness (QED) is 0.832. The molecule has 148 valence electrons. The number of nitrogens with zero attached hydrogens (tertiary/aromatic N) is 1. The summed E-state index contributed by atoms with van der Waals surface area (Å²) >= 11 is 0. The fourth-order valence-corrected chi connectivity index (χ4v) is 4.89. The van der Waals surface area contributed by atoms with Gasteiger partial charge >= 0.3 is 0 Å². The monoisotopic (exact) mass is 374 g/mol. The van der Waals surface area contributed by atoms with Crippen molar-refractivity contribution in [2.45, 2.75) is 68.9 Å². The zero-order valence-electron chi connectivity index (χ0n) is 16.0. The van der Waals surface area contributed by atoms with E-state index in [2.05, 4.69) is 10.2 Å². The van der Waals surface area contributed by atoms with Gasteiger partial charge in [0.05, 0.1) is 5.60 Å². The Morgan fingerprint density at radius 2 is 1.81 bits per heavy atom. The molecule has 0 radical (unpaired) electrons. The minimum Gasteiger partial charge on any atom is -0.389 e. The van der Waals surface area contributed by atoms with Crippen LogP contribution in [0, 0.1) is 11.7 Å². The second-order valence-electron chi connectivity index (χ2n) is 8.84. The predicted octanol–water partition coefficient (Wildman–Crippen LogP) is 3.21. The highest BCUT2D eigenvalue weighted by atomic mass is 19.1. The Morgan fingerprint density at radius 3 is 2.48 bits per heavy atom. The number of hydrogen-bond acceptors (Lipinski definition) is 3. The molecule has 1 aliphatic heterocycles. The van der Waals surface area contributed by atoms with Crippen molar-refractivity contribution in [3.8, 4) is 0 Å². The van der Waals surface area contributed by atoms with E-state index in [-0.39, 0.29) is 29.6 Å². The van der Waals surface area contributed by atoms with Crippen molar-refractivity contribution in [1.82, 2.24) is 10.2 Å². The van der Waals surface area contributed by atoms with E-state index in [9.17, 15) is 14.3 Å². The molecule has 0 spiro atoms. The largest absolute Gasteiger partial charge is 0.389 e. The molecule has 2 N–H and O–H groups in total. The van der Waals surface area contributed by atoms with E-state index in [1.165, 1.54) is 18.6 Å². The smallest absolute Gasteiger partial charge is 0.223 e. The third-order valence-electron chi connectivity index (χ3n) is 6.66. The number of hydrogen-bond donors (Lipinski definition) is 2. The highest BCUT2D eigenvalue weighted by Crippen LogP contribution is 2.47. The second kappa shape index (κ2) is 7.88. The molecular weight excluding hydrogens is 343 g/mol. The predicted molar refractivity (Wildman–Crippen MR) is 103 cm³/mol. The lowest BCUT2D eigenvalue weighted by molar-refractivity contribution is -0.123. The summed E-state index contributed by atoms with van der Waals surface area (Å²) in [5.74, 6) is 0.196. The fraction of sp³-hybridized carbons (Fsp3) is 0.682. The van der Waals surface area contributed by atoms with Gasteiger partial charge in [0.2, 0.25) is 5.91 Å². The van der Waals surface area contributed by atoms with Gasteiger partial charge in [0.1, 0.15) is 5.82 Å². The van der Waals surface area contributed by atoms with Crippen LogP contribution in [0.4, 0.5) is 4.39 Å². The third kappa shape index (κ3) is 4.69. The summed E-state index contributed by atoms with van der Waals surface area (Å²) < 4.78 is 13.0. The topological polar surface area (TPSA) is 52.6 Å². The van der Waals surface area contributed by atoms with E-state index in [1.54, 1.807) is 12.1 Å². The maximum absolute atomic E-state index is 13.0. The SMILES string of the molecule is O=C(NC1CCN(CC2(O)CCCCC2)CC1)C1CC1c1ccc(F)cc1. The number of likely N-dealkylation sites (tertiary alicyclic amines) is 1. The van der Waals surface area contributed by atoms with E-state index in [4.69, 9.17) is 0 Å². The highest BCUT2D eigenvalue weighted by molar-refractivity contribution is 5.83. The van der Waals surface area contributed by atoms with E-state index < -0.39 is 5.60 Å². The third-order valence-corrected chi connectivity index (χ3v) is 6.66. The number of rotatable bonds is 5. The Bertz CT molecular complexity index is 649. The minimum atomic E-state index is -0.495. The summed E-state index contributed by atoms with van der Waals surface area (Å²) in [6, 6.07) is 6.77. The van der Waals surface area contributed by atoms with Gasteiger partial charge in [0.15, 0.2) is 0 Å². The molecule has 27 heavy (non-hydrogen) atoms. The molecule has 2 aliphatic carbocycles. The number of benzene rings is 1. The van der Waals surface area contributed by atoms with E-state index >= 15 is 0 Å². The Balaban J connectivity index is 1.20. The molecule has 1 amide bonds. The van der Waals surface area contributed by atoms with Crippen LogP contribution < -0.4 is 5.32 Å². The van der Waals surface area contributed by atoms with E-state index in [0.717, 1.165) is 70.1 Å². The molecule has 1 saturated heterocycles. The van der Waals surface area contributed by atoms with Crippen molar-refractivity contribution >= 4 is 5.91 Å². The van der Waals surface area contributed by atoms with Gasteiger partial charge in [-0.1, -0.05) is 31.4 Å². The Morgan fingerprint density at radius 1 is 1.15 bits per heavy atom. The number of carbonyl (C=O) groups is 1. The van der Waals surface area contributed by atoms with Gasteiger partial charge in [-0.3, -0.25) is 4.79 Å². The Hall–Kier alpha value is -1.46. The summed E-state index contributed by atoms with van der Waals surface area (Å²) in [6.45, 7) is 2.67. The molecule has 3 aliphatic rings. The van der Waals surface area contributed by atoms with Crippen LogP contribution >= 0.6 is 0 Å². The number of β-amino-alcohol motifs (C(OH)–C–C–N with tert-alkyl or cyclic N) is 1. The van der Waals surface area contributed by atoms with Crippen LogP contribution in [0.1, 0.15) is 62.8 Å². The number of halogens is 1. The van der Waals surface area contributed by atoms with Gasteiger partial charge in [-0.05, 0) is 55.7 Å². The van der Waals surface area contributed by atoms with E-state index in [1.807, 2.05) is 0 Å². The summed E-state index contributed by atoms with van der Waals surface area (Å²) in [5, 5.41) is 14.0. The molecule has 5 heteroatoms. The molecule has 2 atom stereocenters. The molecule has 0 bridgehead atoms. The van der Waals surface area contributed by atoms with Crippen molar-refractivity contribution in [2.75, 3.05) is 19.6 Å². The normalized spacial score (nSPS) is 28.7. The zero-order valence-corrected chi connectivity index (χ0v) is 16.0. The molecule has 3 fully saturated rings. The Kier molecular flexibility index (Phi) is 5.51. The van der Waals surface area contributed by atoms with Gasteiger partial charge < -0.3 is 15.3 Å². The standard InChI is InChI=1S/C22H31FN2O2/c23-17-6-4-16(5-7-17)19-14-20(19)21(26)24-18-8-12-25(13-9-18)15-22(27)10-2-1-3-11-22/h4-7,18-20,27H,1-3,8-15H2,(H,24,26). The van der Waals surface area contributed by atoms with Crippen LogP contribution in [0.5, 0.6) is 0 Å². The van der Waals surface area contributed by atoms with Crippen LogP contribution in [0.2, 0.25) is 0 Å². The lowest BCUT2D eigenvalue weighted by atomic mass is 9.84. The molecule has 1 aromatic rings. The highest BCUT2D eigenvalue weighted by Gasteiger charge is 2.44. The maximum Gasteiger partial charge on any atom is 0.223 e. The van der Waals surface area contributed by atoms with Crippen LogP contribution in [0.3, 0.4) is 0 Å². The minimum absolute atomic E-state index is 0.0384. The lowest BCUT2D eigenvalue weighted by Crippen LogP contribution is -2.50. The van der Waals surface area contributed by atoms with E-state index in [0.29, 0.717) is 0 Å². The average molecular weight is 375 g/mol. The molecule has 2 saturated carbocycles. The van der Waals surface area contributed by atoms with Crippen molar-refractivity contribution < 1.29 is 14.3 Å². The molecule has 0 aromatic heterocycles. The van der Waals surface area contributed by atoms with Crippen LogP contribution in [-0.2, 0) is 4.79 Å². The lowest BCUT2D eigenvalue weighted by Gasteiger charge is -2.40. The van der Waals surface area contributed by atoms with Crippen molar-refractivity contribution in [2.24, 2.45) is 5.92 Å². The van der Waals surface area contributed by atoms with Gasteiger partial charge in [0.25, 0.3) is 0 Å². The average Bonchev–Trinajstić information content (AvgIpc) is 3.45. The summed E-state index contributed by atoms with van der Waals surface area (Å²) in [7, 11) is 0. The first-order chi connectivity index (χ1) is 13.0. The van der Waals surface area contributed by atoms with Gasteiger partial charge in [-0.2, -0.15) is 0 Å². The van der Waals surface area contributed by atoms with Gasteiger partial charge in [0, 0.05) is 31.6 Å². The molecular formula is C22H31FN2O2. The number of carbonyl (C=O) groups excluding carboxylic acids is 1. The number of aliphatic hydroxyl groups is 1. The van der Waals surface area contributed by atoms with Crippen LogP contribution in [0.15, 0.2) is 24.3 Å². The van der Waals surface area contributed by atoms with Crippen molar-refractivity contribution in [3.63, 3.8) is 0 Å². The number of piperidine rings is 1. The molecule has 2 unspecified atom stereocenters. The first kappa shape index (κ1) is 18.9. The Labute approximate surface area is 161 Å². The maximum atomic E-state index is 13.0. The molecule has 4 nitrogen and oxygen atoms in total. The van der Waals surface area contributed by atoms with Gasteiger partial charge in [-0.15, -0.1) is 0 Å². The van der Waals surface area contributed by atoms with Gasteiger partial charge in [-0.25, -0.2) is 4.39 Å². The van der Waals surface area contributed by atoms with Crippen LogP contribution in [-0.4, -0.2) is 47.2 Å². The molecule has 1 heterocycles. The number of amides is 1. The van der Waals surface area contributed by atoms with Crippen molar-refractivity contribution in [3.05, 3.63) is 35.6 Å². The molecule has 1 aromatic carbocycles. The molecule has 4 rings (SSSR count). The summed E-state index contributed by atoms with van der Waals surface area (Å²) in [5.41, 5.74) is 0.567. The fourth-order valence-electron chi connectivity index (χ4n) is 4.89. The summed E-state index contributed by atoms with van der Waals surface area (Å²) in [4.78, 5) is 14.9. The summed E-state index contributed by atoms with van der Waals surface area (Å²) in [6.07, 6.45) is 8.15. The first-order valence-electron chi connectivity index (χ1n) is 10.5. The first-order valence-corrected chi connectivity index (χ1v) is 10.5. The number of nitrogens with one attached hydrogen (secondary N) is 1. The second-order valence-corrected chi connectivity index (χ2v) is 8.84. The van der Waals surface area contributed by atoms with Crippen LogP contribution in [0.25, 0.3) is 0 Å². The zero-order chi connectivity index (χ0) is 18.9. The van der Waals surface area contributed by atoms with Crippen molar-refractivity contribution in [1.29, 1.82) is 0 Å².